The Kier molecular flexibility index (Phi) is 5.17. The van der Waals surface area contributed by atoms with Crippen LogP contribution >= 0.6 is 0 Å². The average Bonchev–Trinajstić information content (AvgIpc) is 3.23. The van der Waals surface area contributed by atoms with E-state index in [1.165, 1.54) is 18.5 Å². The summed E-state index contributed by atoms with van der Waals surface area (Å²) in [5.41, 5.74) is 2.29. The number of H-pyrrole nitrogens is 1. The number of anilines is 2. The zero-order valence-electron chi connectivity index (χ0n) is 16.7. The van der Waals surface area contributed by atoms with Crippen molar-refractivity contribution in [2.75, 3.05) is 36.4 Å². The van der Waals surface area contributed by atoms with Gasteiger partial charge in [-0.05, 0) is 24.3 Å². The van der Waals surface area contributed by atoms with E-state index >= 15 is 0 Å². The fourth-order valence-corrected chi connectivity index (χ4v) is 3.83. The van der Waals surface area contributed by atoms with E-state index in [-0.39, 0.29) is 5.56 Å². The normalized spacial score (nSPS) is 14.2. The topological polar surface area (TPSA) is 81.8 Å². The number of halogens is 2. The van der Waals surface area contributed by atoms with Crippen molar-refractivity contribution in [1.82, 2.24) is 25.3 Å². The van der Waals surface area contributed by atoms with E-state index < -0.39 is 11.6 Å². The smallest absolute Gasteiger partial charge is 0.143 e. The molecule has 31 heavy (non-hydrogen) atoms. The third-order valence-electron chi connectivity index (χ3n) is 5.36. The first-order chi connectivity index (χ1) is 15.2. The minimum absolute atomic E-state index is 0.282. The summed E-state index contributed by atoms with van der Waals surface area (Å²) in [6.07, 6.45) is 3.10. The van der Waals surface area contributed by atoms with Crippen LogP contribution in [-0.2, 0) is 6.54 Å². The summed E-state index contributed by atoms with van der Waals surface area (Å²) in [6.45, 7) is 4.18. The van der Waals surface area contributed by atoms with Crippen LogP contribution in [0.3, 0.4) is 0 Å². The standard InChI is InChI=1S/C22H21F2N7/c23-14-4-5-16(18(24)10-14)17-12-27-22-20(17)21(28-13-29-22)26-11-15-2-1-3-19(30-15)31-8-6-25-7-9-31/h1-5,10,12-13,25H,6-9,11H2,(H2,26,27,28,29). The lowest BCUT2D eigenvalue weighted by molar-refractivity contribution is 0.584. The molecule has 0 amide bonds. The Morgan fingerprint density at radius 2 is 1.90 bits per heavy atom. The molecule has 3 aromatic heterocycles. The van der Waals surface area contributed by atoms with Crippen LogP contribution in [0, 0.1) is 11.6 Å². The van der Waals surface area contributed by atoms with Crippen molar-refractivity contribution >= 4 is 22.7 Å². The van der Waals surface area contributed by atoms with Crippen LogP contribution in [0.1, 0.15) is 5.69 Å². The minimum Gasteiger partial charge on any atom is -0.364 e. The van der Waals surface area contributed by atoms with Gasteiger partial charge in [0.1, 0.15) is 35.2 Å². The van der Waals surface area contributed by atoms with Gasteiger partial charge in [-0.15, -0.1) is 0 Å². The maximum absolute atomic E-state index is 14.4. The molecule has 7 nitrogen and oxygen atoms in total. The number of nitrogens with zero attached hydrogens (tertiary/aromatic N) is 4. The minimum atomic E-state index is -0.638. The van der Waals surface area contributed by atoms with E-state index in [1.807, 2.05) is 18.2 Å². The number of aromatic nitrogens is 4. The molecular formula is C22H21F2N7. The number of piperazine rings is 1. The van der Waals surface area contributed by atoms with E-state index in [9.17, 15) is 8.78 Å². The molecule has 1 aliphatic rings. The number of hydrogen-bond donors (Lipinski definition) is 3. The Labute approximate surface area is 177 Å². The van der Waals surface area contributed by atoms with Crippen molar-refractivity contribution in [3.05, 3.63) is 66.3 Å². The summed E-state index contributed by atoms with van der Waals surface area (Å²) < 4.78 is 27.8. The summed E-state index contributed by atoms with van der Waals surface area (Å²) >= 11 is 0. The molecule has 0 atom stereocenters. The summed E-state index contributed by atoms with van der Waals surface area (Å²) in [6, 6.07) is 9.49. The molecule has 1 saturated heterocycles. The SMILES string of the molecule is Fc1ccc(-c2c[nH]c3ncnc(NCc4cccc(N5CCNCC5)n4)c23)c(F)c1. The summed E-state index contributed by atoms with van der Waals surface area (Å²) in [5, 5.41) is 7.28. The molecule has 0 radical (unpaired) electrons. The van der Waals surface area contributed by atoms with Gasteiger partial charge in [0.15, 0.2) is 0 Å². The van der Waals surface area contributed by atoms with Crippen LogP contribution in [0.5, 0.6) is 0 Å². The zero-order valence-corrected chi connectivity index (χ0v) is 16.7. The highest BCUT2D eigenvalue weighted by Crippen LogP contribution is 2.33. The molecule has 9 heteroatoms. The lowest BCUT2D eigenvalue weighted by Gasteiger charge is -2.28. The van der Waals surface area contributed by atoms with Crippen LogP contribution < -0.4 is 15.5 Å². The molecule has 158 valence electrons. The lowest BCUT2D eigenvalue weighted by Crippen LogP contribution is -2.43. The van der Waals surface area contributed by atoms with Gasteiger partial charge in [0, 0.05) is 49.6 Å². The third kappa shape index (κ3) is 3.91. The first kappa shape index (κ1) is 19.4. The largest absolute Gasteiger partial charge is 0.364 e. The van der Waals surface area contributed by atoms with E-state index in [0.717, 1.165) is 43.8 Å². The Bertz CT molecular complexity index is 1220. The number of fused-ring (bicyclic) bond motifs is 1. The molecule has 1 aromatic carbocycles. The number of hydrogen-bond acceptors (Lipinski definition) is 6. The van der Waals surface area contributed by atoms with Gasteiger partial charge in [-0.1, -0.05) is 6.07 Å². The third-order valence-corrected chi connectivity index (χ3v) is 5.36. The molecule has 4 aromatic rings. The van der Waals surface area contributed by atoms with Gasteiger partial charge >= 0.3 is 0 Å². The Morgan fingerprint density at radius 3 is 2.74 bits per heavy atom. The monoisotopic (exact) mass is 421 g/mol. The highest BCUT2D eigenvalue weighted by molar-refractivity contribution is 6.00. The number of rotatable bonds is 5. The Hall–Kier alpha value is -3.59. The number of benzene rings is 1. The lowest BCUT2D eigenvalue weighted by atomic mass is 10.1. The van der Waals surface area contributed by atoms with Crippen molar-refractivity contribution in [3.63, 3.8) is 0 Å². The number of nitrogens with one attached hydrogen (secondary N) is 3. The maximum atomic E-state index is 14.4. The molecule has 0 saturated carbocycles. The van der Waals surface area contributed by atoms with Crippen LogP contribution in [-0.4, -0.2) is 46.1 Å². The zero-order chi connectivity index (χ0) is 21.2. The highest BCUT2D eigenvalue weighted by atomic mass is 19.1. The molecule has 5 rings (SSSR count). The van der Waals surface area contributed by atoms with Crippen molar-refractivity contribution in [2.24, 2.45) is 0 Å². The number of aromatic amines is 1. The van der Waals surface area contributed by atoms with Gasteiger partial charge in [0.25, 0.3) is 0 Å². The van der Waals surface area contributed by atoms with E-state index in [2.05, 4.69) is 30.5 Å². The quantitative estimate of drug-likeness (QED) is 0.459. The second-order valence-electron chi connectivity index (χ2n) is 7.35. The second kappa shape index (κ2) is 8.27. The molecular weight excluding hydrogens is 400 g/mol. The average molecular weight is 421 g/mol. The van der Waals surface area contributed by atoms with Gasteiger partial charge < -0.3 is 20.5 Å². The van der Waals surface area contributed by atoms with Crippen molar-refractivity contribution < 1.29 is 8.78 Å². The molecule has 0 unspecified atom stereocenters. The van der Waals surface area contributed by atoms with Gasteiger partial charge in [0.05, 0.1) is 17.6 Å². The fraction of sp³-hybridized carbons (Fsp3) is 0.227. The summed E-state index contributed by atoms with van der Waals surface area (Å²) in [5.74, 6) is 0.246. The molecule has 0 spiro atoms. The second-order valence-corrected chi connectivity index (χ2v) is 7.35. The first-order valence-electron chi connectivity index (χ1n) is 10.1. The predicted molar refractivity (Wildman–Crippen MR) is 116 cm³/mol. The van der Waals surface area contributed by atoms with E-state index in [0.29, 0.717) is 29.0 Å². The van der Waals surface area contributed by atoms with Gasteiger partial charge in [-0.3, -0.25) is 0 Å². The summed E-state index contributed by atoms with van der Waals surface area (Å²) in [7, 11) is 0. The van der Waals surface area contributed by atoms with Gasteiger partial charge in [-0.25, -0.2) is 23.7 Å². The summed E-state index contributed by atoms with van der Waals surface area (Å²) in [4.78, 5) is 18.6. The van der Waals surface area contributed by atoms with Crippen molar-refractivity contribution in [2.45, 2.75) is 6.54 Å². The van der Waals surface area contributed by atoms with Crippen LogP contribution in [0.2, 0.25) is 0 Å². The van der Waals surface area contributed by atoms with Crippen LogP contribution in [0.4, 0.5) is 20.4 Å². The number of pyridine rings is 1. The Morgan fingerprint density at radius 1 is 1.03 bits per heavy atom. The molecule has 3 N–H and O–H groups in total. The molecule has 4 heterocycles. The maximum Gasteiger partial charge on any atom is 0.143 e. The fourth-order valence-electron chi connectivity index (χ4n) is 3.83. The highest BCUT2D eigenvalue weighted by Gasteiger charge is 2.17. The first-order valence-corrected chi connectivity index (χ1v) is 10.1. The van der Waals surface area contributed by atoms with Gasteiger partial charge in [0.2, 0.25) is 0 Å². The van der Waals surface area contributed by atoms with Crippen LogP contribution in [0.15, 0.2) is 48.9 Å². The molecule has 1 fully saturated rings. The molecule has 0 aliphatic carbocycles. The van der Waals surface area contributed by atoms with E-state index in [4.69, 9.17) is 4.98 Å². The van der Waals surface area contributed by atoms with Crippen LogP contribution in [0.25, 0.3) is 22.2 Å². The van der Waals surface area contributed by atoms with E-state index in [1.54, 1.807) is 6.20 Å². The van der Waals surface area contributed by atoms with Gasteiger partial charge in [-0.2, -0.15) is 0 Å². The van der Waals surface area contributed by atoms with Crippen molar-refractivity contribution in [3.8, 4) is 11.1 Å². The molecule has 1 aliphatic heterocycles. The Balaban J connectivity index is 1.43. The predicted octanol–water partition coefficient (Wildman–Crippen LogP) is 3.32. The molecule has 0 bridgehead atoms. The van der Waals surface area contributed by atoms with Crippen molar-refractivity contribution in [1.29, 1.82) is 0 Å².